The van der Waals surface area contributed by atoms with E-state index in [-0.39, 0.29) is 5.91 Å². The number of hydrogen-bond acceptors (Lipinski definition) is 5. The molecule has 5 nitrogen and oxygen atoms in total. The number of nitrogens with one attached hydrogen (secondary N) is 1. The predicted molar refractivity (Wildman–Crippen MR) is 147 cm³/mol. The number of thioether (sulfide) groups is 1. The van der Waals surface area contributed by atoms with Crippen LogP contribution in [0.15, 0.2) is 90.0 Å². The topological polar surface area (TPSA) is 60.5 Å². The lowest BCUT2D eigenvalue weighted by Gasteiger charge is -2.26. The molecule has 2 aliphatic rings. The van der Waals surface area contributed by atoms with Crippen LogP contribution in [0.25, 0.3) is 22.3 Å². The molecule has 0 aliphatic carbocycles. The van der Waals surface area contributed by atoms with E-state index < -0.39 is 0 Å². The zero-order valence-corrected chi connectivity index (χ0v) is 21.3. The van der Waals surface area contributed by atoms with Crippen molar-refractivity contribution in [3.8, 4) is 22.3 Å². The standard InChI is InChI=1S/C31H28N2O3S/c34-31(26-7-8-27-18-35-11-12-37-30(27)16-26)33-17-29-15-25(9-10-32-29)23-5-1-3-21(13-23)22-4-2-6-24(14-22)28-19-36-20-28/h1-10,13-16,28H,11-12,17-20H2,(H,33,34). The van der Waals surface area contributed by atoms with Gasteiger partial charge < -0.3 is 14.8 Å². The van der Waals surface area contributed by atoms with Crippen LogP contribution in [-0.4, -0.2) is 36.5 Å². The summed E-state index contributed by atoms with van der Waals surface area (Å²) in [6, 6.07) is 27.2. The lowest BCUT2D eigenvalue weighted by atomic mass is 9.93. The lowest BCUT2D eigenvalue weighted by Crippen LogP contribution is -2.24. The van der Waals surface area contributed by atoms with Gasteiger partial charge in [0.25, 0.3) is 5.91 Å². The molecule has 186 valence electrons. The Balaban J connectivity index is 1.16. The van der Waals surface area contributed by atoms with Crippen LogP contribution in [0.1, 0.15) is 33.1 Å². The van der Waals surface area contributed by atoms with Gasteiger partial charge in [-0.05, 0) is 63.7 Å². The first-order valence-electron chi connectivity index (χ1n) is 12.6. The number of ether oxygens (including phenoxy) is 2. The summed E-state index contributed by atoms with van der Waals surface area (Å²) in [5, 5.41) is 3.03. The fraction of sp³-hybridized carbons (Fsp3) is 0.226. The van der Waals surface area contributed by atoms with Crippen LogP contribution in [-0.2, 0) is 22.6 Å². The minimum absolute atomic E-state index is 0.0977. The number of pyridine rings is 1. The second-order valence-electron chi connectivity index (χ2n) is 9.38. The fourth-order valence-corrected chi connectivity index (χ4v) is 5.59. The summed E-state index contributed by atoms with van der Waals surface area (Å²) in [5.74, 6) is 1.30. The summed E-state index contributed by atoms with van der Waals surface area (Å²) in [5.41, 5.74) is 8.53. The van der Waals surface area contributed by atoms with Gasteiger partial charge in [0.15, 0.2) is 0 Å². The van der Waals surface area contributed by atoms with E-state index in [1.807, 2.05) is 30.3 Å². The van der Waals surface area contributed by atoms with E-state index in [1.54, 1.807) is 18.0 Å². The van der Waals surface area contributed by atoms with Crippen molar-refractivity contribution in [2.24, 2.45) is 0 Å². The van der Waals surface area contributed by atoms with E-state index in [4.69, 9.17) is 9.47 Å². The van der Waals surface area contributed by atoms with Crippen molar-refractivity contribution in [3.63, 3.8) is 0 Å². The highest BCUT2D eigenvalue weighted by Crippen LogP contribution is 2.31. The van der Waals surface area contributed by atoms with Gasteiger partial charge in [-0.3, -0.25) is 9.78 Å². The van der Waals surface area contributed by atoms with Crippen LogP contribution in [0.5, 0.6) is 0 Å². The number of carbonyl (C=O) groups excluding carboxylic acids is 1. The molecule has 0 atom stereocenters. The molecule has 0 saturated carbocycles. The molecule has 6 heteroatoms. The molecular formula is C31H28N2O3S. The van der Waals surface area contributed by atoms with Crippen LogP contribution >= 0.6 is 11.8 Å². The van der Waals surface area contributed by atoms with Gasteiger partial charge in [0.1, 0.15) is 0 Å². The molecule has 1 amide bonds. The molecule has 1 aromatic heterocycles. The summed E-state index contributed by atoms with van der Waals surface area (Å²) in [4.78, 5) is 18.5. The maximum atomic E-state index is 12.9. The Morgan fingerprint density at radius 2 is 1.68 bits per heavy atom. The Morgan fingerprint density at radius 3 is 2.49 bits per heavy atom. The third kappa shape index (κ3) is 5.47. The van der Waals surface area contributed by atoms with E-state index in [9.17, 15) is 4.79 Å². The zero-order valence-electron chi connectivity index (χ0n) is 20.5. The molecular weight excluding hydrogens is 480 g/mol. The predicted octanol–water partition coefficient (Wildman–Crippen LogP) is 6.08. The van der Waals surface area contributed by atoms with Gasteiger partial charge in [-0.15, -0.1) is 11.8 Å². The maximum Gasteiger partial charge on any atom is 0.251 e. The highest BCUT2D eigenvalue weighted by molar-refractivity contribution is 7.99. The van der Waals surface area contributed by atoms with E-state index in [0.717, 1.165) is 52.9 Å². The number of hydrogen-bond donors (Lipinski definition) is 1. The Labute approximate surface area is 221 Å². The first-order valence-corrected chi connectivity index (χ1v) is 13.6. The van der Waals surface area contributed by atoms with Crippen molar-refractivity contribution in [2.45, 2.75) is 24.0 Å². The van der Waals surface area contributed by atoms with E-state index in [2.05, 4.69) is 58.8 Å². The molecule has 1 saturated heterocycles. The number of fused-ring (bicyclic) bond motifs is 1. The van der Waals surface area contributed by atoms with Crippen LogP contribution in [0.4, 0.5) is 0 Å². The lowest BCUT2D eigenvalue weighted by molar-refractivity contribution is 0.00844. The van der Waals surface area contributed by atoms with E-state index in [1.165, 1.54) is 16.7 Å². The molecule has 37 heavy (non-hydrogen) atoms. The third-order valence-corrected chi connectivity index (χ3v) is 7.91. The van der Waals surface area contributed by atoms with Crippen LogP contribution < -0.4 is 5.32 Å². The van der Waals surface area contributed by atoms with Gasteiger partial charge >= 0.3 is 0 Å². The number of rotatable bonds is 6. The molecule has 6 rings (SSSR count). The van der Waals surface area contributed by atoms with Crippen molar-refractivity contribution >= 4 is 17.7 Å². The van der Waals surface area contributed by atoms with Crippen LogP contribution in [0.2, 0.25) is 0 Å². The zero-order chi connectivity index (χ0) is 25.0. The van der Waals surface area contributed by atoms with Gasteiger partial charge in [0.05, 0.1) is 38.7 Å². The average Bonchev–Trinajstić information content (AvgIpc) is 3.16. The number of carbonyl (C=O) groups is 1. The maximum absolute atomic E-state index is 12.9. The summed E-state index contributed by atoms with van der Waals surface area (Å²) in [6.07, 6.45) is 1.81. The van der Waals surface area contributed by atoms with Gasteiger partial charge in [-0.2, -0.15) is 0 Å². The van der Waals surface area contributed by atoms with Gasteiger partial charge in [0.2, 0.25) is 0 Å². The van der Waals surface area contributed by atoms with E-state index >= 15 is 0 Å². The highest BCUT2D eigenvalue weighted by Gasteiger charge is 2.20. The molecule has 4 aromatic rings. The minimum Gasteiger partial charge on any atom is -0.380 e. The van der Waals surface area contributed by atoms with E-state index in [0.29, 0.717) is 24.6 Å². The largest absolute Gasteiger partial charge is 0.380 e. The molecule has 0 bridgehead atoms. The summed E-state index contributed by atoms with van der Waals surface area (Å²) >= 11 is 1.74. The molecule has 3 heterocycles. The second-order valence-corrected chi connectivity index (χ2v) is 10.5. The number of nitrogens with zero attached hydrogens (tertiary/aromatic N) is 1. The van der Waals surface area contributed by atoms with Crippen LogP contribution in [0, 0.1) is 0 Å². The Bertz CT molecular complexity index is 1430. The van der Waals surface area contributed by atoms with Crippen molar-refractivity contribution in [3.05, 3.63) is 107 Å². The normalized spacial score (nSPS) is 15.4. The minimum atomic E-state index is -0.0977. The molecule has 0 unspecified atom stereocenters. The summed E-state index contributed by atoms with van der Waals surface area (Å²) < 4.78 is 11.0. The van der Waals surface area contributed by atoms with Crippen molar-refractivity contribution in [1.29, 1.82) is 0 Å². The van der Waals surface area contributed by atoms with Crippen molar-refractivity contribution in [2.75, 3.05) is 25.6 Å². The molecule has 0 spiro atoms. The van der Waals surface area contributed by atoms with Gasteiger partial charge in [0, 0.05) is 28.3 Å². The third-order valence-electron chi connectivity index (χ3n) is 6.84. The molecule has 1 fully saturated rings. The number of amides is 1. The Morgan fingerprint density at radius 1 is 0.892 bits per heavy atom. The average molecular weight is 509 g/mol. The van der Waals surface area contributed by atoms with Crippen molar-refractivity contribution < 1.29 is 14.3 Å². The van der Waals surface area contributed by atoms with Gasteiger partial charge in [-0.25, -0.2) is 0 Å². The van der Waals surface area contributed by atoms with Crippen molar-refractivity contribution in [1.82, 2.24) is 10.3 Å². The molecule has 2 aliphatic heterocycles. The first-order chi connectivity index (χ1) is 18.2. The van der Waals surface area contributed by atoms with Crippen LogP contribution in [0.3, 0.4) is 0 Å². The monoisotopic (exact) mass is 508 g/mol. The Kier molecular flexibility index (Phi) is 7.04. The quantitative estimate of drug-likeness (QED) is 0.342. The number of aromatic nitrogens is 1. The summed E-state index contributed by atoms with van der Waals surface area (Å²) in [7, 11) is 0. The fourth-order valence-electron chi connectivity index (χ4n) is 4.65. The summed E-state index contributed by atoms with van der Waals surface area (Å²) in [6.45, 7) is 3.31. The molecule has 1 N–H and O–H groups in total. The number of benzene rings is 3. The highest BCUT2D eigenvalue weighted by atomic mass is 32.2. The SMILES string of the molecule is O=C(NCc1cc(-c2cccc(-c3cccc(C4COC4)c3)c2)ccn1)c1ccc2c(c1)SCCOC2. The first kappa shape index (κ1) is 23.9. The van der Waals surface area contributed by atoms with Gasteiger partial charge in [-0.1, -0.05) is 48.5 Å². The Hall–Kier alpha value is -3.45. The molecule has 3 aromatic carbocycles. The molecule has 0 radical (unpaired) electrons. The smallest absolute Gasteiger partial charge is 0.251 e. The second kappa shape index (κ2) is 10.9.